The highest BCUT2D eigenvalue weighted by atomic mass is 79.9. The minimum atomic E-state index is -0.269. The molecule has 0 atom stereocenters. The number of nitrogens with zero attached hydrogens (tertiary/aromatic N) is 1. The summed E-state index contributed by atoms with van der Waals surface area (Å²) in [5.41, 5.74) is 2.07. The highest BCUT2D eigenvalue weighted by molar-refractivity contribution is 9.10. The van der Waals surface area contributed by atoms with Crippen molar-refractivity contribution in [1.29, 1.82) is 0 Å². The largest absolute Gasteiger partial charge is 0.491 e. The second kappa shape index (κ2) is 7.53. The Kier molecular flexibility index (Phi) is 5.19. The summed E-state index contributed by atoms with van der Waals surface area (Å²) in [5.74, 6) is 0.753. The lowest BCUT2D eigenvalue weighted by atomic mass is 10.1. The van der Waals surface area contributed by atoms with E-state index in [9.17, 15) is 4.79 Å². The van der Waals surface area contributed by atoms with E-state index in [2.05, 4.69) is 26.4 Å². The van der Waals surface area contributed by atoms with Gasteiger partial charge in [0.25, 0.3) is 5.91 Å². The quantitative estimate of drug-likeness (QED) is 0.643. The average molecular weight is 401 g/mol. The molecule has 0 bridgehead atoms. The van der Waals surface area contributed by atoms with Crippen LogP contribution in [0.3, 0.4) is 0 Å². The number of amides is 1. The first kappa shape index (κ1) is 17.2. The molecule has 128 valence electrons. The molecule has 0 fully saturated rings. The Morgan fingerprint density at radius 1 is 1.12 bits per heavy atom. The molecule has 0 radical (unpaired) electrons. The molecule has 2 aromatic carbocycles. The lowest BCUT2D eigenvalue weighted by molar-refractivity contribution is 0.102. The Morgan fingerprint density at radius 2 is 1.80 bits per heavy atom. The molecule has 5 nitrogen and oxygen atoms in total. The first-order valence-electron chi connectivity index (χ1n) is 7.82. The van der Waals surface area contributed by atoms with Gasteiger partial charge in [-0.1, -0.05) is 33.2 Å². The number of halogens is 1. The van der Waals surface area contributed by atoms with Crippen molar-refractivity contribution >= 4 is 27.7 Å². The molecular weight excluding hydrogens is 384 g/mol. The molecule has 0 aliphatic heterocycles. The van der Waals surface area contributed by atoms with E-state index < -0.39 is 0 Å². The van der Waals surface area contributed by atoms with Crippen LogP contribution in [0.25, 0.3) is 11.3 Å². The van der Waals surface area contributed by atoms with Gasteiger partial charge in [0.05, 0.1) is 6.10 Å². The third-order valence-electron chi connectivity index (χ3n) is 3.38. The average Bonchev–Trinajstić information content (AvgIpc) is 3.04. The molecule has 1 heterocycles. The van der Waals surface area contributed by atoms with Gasteiger partial charge in [0.2, 0.25) is 5.88 Å². The zero-order chi connectivity index (χ0) is 17.8. The van der Waals surface area contributed by atoms with Gasteiger partial charge in [-0.2, -0.15) is 0 Å². The molecule has 0 saturated carbocycles. The normalized spacial score (nSPS) is 10.7. The molecule has 1 amide bonds. The number of anilines is 1. The Bertz CT molecular complexity index is 855. The van der Waals surface area contributed by atoms with Gasteiger partial charge in [-0.25, -0.2) is 0 Å². The Labute approximate surface area is 154 Å². The summed E-state index contributed by atoms with van der Waals surface area (Å²) >= 11 is 3.39. The molecule has 6 heteroatoms. The predicted octanol–water partition coefficient (Wildman–Crippen LogP) is 5.14. The number of benzene rings is 2. The zero-order valence-electron chi connectivity index (χ0n) is 13.8. The summed E-state index contributed by atoms with van der Waals surface area (Å²) in [6, 6.07) is 16.3. The lowest BCUT2D eigenvalue weighted by Crippen LogP contribution is -2.11. The zero-order valence-corrected chi connectivity index (χ0v) is 15.4. The van der Waals surface area contributed by atoms with Crippen LogP contribution in [0.5, 0.6) is 5.75 Å². The van der Waals surface area contributed by atoms with Crippen LogP contribution < -0.4 is 10.1 Å². The van der Waals surface area contributed by atoms with Gasteiger partial charge in [-0.05, 0) is 50.2 Å². The summed E-state index contributed by atoms with van der Waals surface area (Å²) in [6.45, 7) is 3.90. The number of aromatic nitrogens is 1. The first-order chi connectivity index (χ1) is 12.0. The van der Waals surface area contributed by atoms with Crippen LogP contribution in [-0.4, -0.2) is 17.2 Å². The van der Waals surface area contributed by atoms with Crippen LogP contribution in [-0.2, 0) is 0 Å². The minimum absolute atomic E-state index is 0.0888. The Morgan fingerprint density at radius 3 is 2.44 bits per heavy atom. The number of hydrogen-bond acceptors (Lipinski definition) is 4. The van der Waals surface area contributed by atoms with Crippen molar-refractivity contribution in [2.45, 2.75) is 20.0 Å². The second-order valence-electron chi connectivity index (χ2n) is 5.73. The molecule has 1 N–H and O–H groups in total. The third-order valence-corrected chi connectivity index (χ3v) is 3.90. The Hall–Kier alpha value is -2.60. The fourth-order valence-electron chi connectivity index (χ4n) is 2.23. The van der Waals surface area contributed by atoms with Gasteiger partial charge in [-0.3, -0.25) is 10.1 Å². The summed E-state index contributed by atoms with van der Waals surface area (Å²) in [6.07, 6.45) is 0.0888. The monoisotopic (exact) mass is 400 g/mol. The molecule has 25 heavy (non-hydrogen) atoms. The maximum absolute atomic E-state index is 12.3. The third kappa shape index (κ3) is 4.48. The highest BCUT2D eigenvalue weighted by Crippen LogP contribution is 2.24. The van der Waals surface area contributed by atoms with E-state index in [-0.39, 0.29) is 12.0 Å². The van der Waals surface area contributed by atoms with Gasteiger partial charge in [0.1, 0.15) is 11.4 Å². The van der Waals surface area contributed by atoms with Crippen molar-refractivity contribution in [3.05, 3.63) is 64.6 Å². The maximum Gasteiger partial charge on any atom is 0.258 e. The van der Waals surface area contributed by atoms with Crippen molar-refractivity contribution in [3.8, 4) is 17.0 Å². The van der Waals surface area contributed by atoms with Crippen LogP contribution in [0.15, 0.2) is 63.6 Å². The van der Waals surface area contributed by atoms with Crippen molar-refractivity contribution < 1.29 is 14.1 Å². The molecule has 1 aromatic heterocycles. The van der Waals surface area contributed by atoms with Crippen LogP contribution in [0, 0.1) is 0 Å². The Balaban J connectivity index is 1.68. The topological polar surface area (TPSA) is 64.4 Å². The smallest absolute Gasteiger partial charge is 0.258 e. The molecule has 0 aliphatic carbocycles. The number of nitrogens with one attached hydrogen (secondary N) is 1. The SMILES string of the molecule is CC(C)Oc1ccc(C(=O)Nc2cc(-c3ccc(Br)cc3)no2)cc1. The van der Waals surface area contributed by atoms with Crippen molar-refractivity contribution in [2.75, 3.05) is 5.32 Å². The minimum Gasteiger partial charge on any atom is -0.491 e. The molecule has 0 unspecified atom stereocenters. The molecule has 0 saturated heterocycles. The lowest BCUT2D eigenvalue weighted by Gasteiger charge is -2.09. The summed E-state index contributed by atoms with van der Waals surface area (Å²) in [5, 5.41) is 6.69. The molecule has 0 aliphatic rings. The van der Waals surface area contributed by atoms with Gasteiger partial charge < -0.3 is 9.26 Å². The van der Waals surface area contributed by atoms with Crippen LogP contribution in [0.4, 0.5) is 5.88 Å². The second-order valence-corrected chi connectivity index (χ2v) is 6.64. The van der Waals surface area contributed by atoms with Crippen molar-refractivity contribution in [3.63, 3.8) is 0 Å². The molecule has 3 aromatic rings. The van der Waals surface area contributed by atoms with E-state index in [0.29, 0.717) is 17.1 Å². The highest BCUT2D eigenvalue weighted by Gasteiger charge is 2.11. The number of ether oxygens (including phenoxy) is 1. The van der Waals surface area contributed by atoms with Crippen molar-refractivity contribution in [1.82, 2.24) is 5.16 Å². The standard InChI is InChI=1S/C19H17BrN2O3/c1-12(2)24-16-9-5-14(6-10-16)19(23)21-18-11-17(22-25-18)13-3-7-15(20)8-4-13/h3-12H,1-2H3,(H,21,23). The van der Waals surface area contributed by atoms with E-state index in [1.165, 1.54) is 0 Å². The number of carbonyl (C=O) groups excluding carboxylic acids is 1. The summed E-state index contributed by atoms with van der Waals surface area (Å²) in [4.78, 5) is 12.3. The molecular formula is C19H17BrN2O3. The van der Waals surface area contributed by atoms with Crippen LogP contribution in [0.2, 0.25) is 0 Å². The maximum atomic E-state index is 12.3. The number of carbonyl (C=O) groups is 1. The van der Waals surface area contributed by atoms with E-state index in [0.717, 1.165) is 15.8 Å². The van der Waals surface area contributed by atoms with E-state index >= 15 is 0 Å². The van der Waals surface area contributed by atoms with E-state index in [4.69, 9.17) is 9.26 Å². The molecule has 0 spiro atoms. The predicted molar refractivity (Wildman–Crippen MR) is 99.8 cm³/mol. The summed E-state index contributed by atoms with van der Waals surface area (Å²) < 4.78 is 11.7. The van der Waals surface area contributed by atoms with Crippen LogP contribution in [0.1, 0.15) is 24.2 Å². The van der Waals surface area contributed by atoms with Crippen LogP contribution >= 0.6 is 15.9 Å². The van der Waals surface area contributed by atoms with Gasteiger partial charge in [0.15, 0.2) is 0 Å². The van der Waals surface area contributed by atoms with Gasteiger partial charge >= 0.3 is 0 Å². The summed E-state index contributed by atoms with van der Waals surface area (Å²) in [7, 11) is 0. The van der Waals surface area contributed by atoms with Gasteiger partial charge in [0, 0.05) is 21.7 Å². The fourth-order valence-corrected chi connectivity index (χ4v) is 2.50. The first-order valence-corrected chi connectivity index (χ1v) is 8.61. The van der Waals surface area contributed by atoms with Crippen molar-refractivity contribution in [2.24, 2.45) is 0 Å². The van der Waals surface area contributed by atoms with Gasteiger partial charge in [-0.15, -0.1) is 0 Å². The molecule has 3 rings (SSSR count). The number of rotatable bonds is 5. The fraction of sp³-hybridized carbons (Fsp3) is 0.158. The number of hydrogen-bond donors (Lipinski definition) is 1. The van der Waals surface area contributed by atoms with E-state index in [1.54, 1.807) is 30.3 Å². The van der Waals surface area contributed by atoms with E-state index in [1.807, 2.05) is 38.1 Å².